The van der Waals surface area contributed by atoms with E-state index in [2.05, 4.69) is 51.1 Å². The molecule has 1 rings (SSSR count). The Kier molecular flexibility index (Phi) is 12.3. The summed E-state index contributed by atoms with van der Waals surface area (Å²) in [6.07, 6.45) is 12.0. The fourth-order valence-corrected chi connectivity index (χ4v) is 2.98. The SMILES string of the molecule is CCCCCCCCCC(Cc1ccccc1)C(C)(C)N.I. The molecule has 0 saturated heterocycles. The molecule has 1 nitrogen and oxygen atoms in total. The molecule has 0 bridgehead atoms. The summed E-state index contributed by atoms with van der Waals surface area (Å²) in [5.74, 6) is 0.579. The second-order valence-corrected chi connectivity index (χ2v) is 7.12. The van der Waals surface area contributed by atoms with Crippen LogP contribution in [-0.4, -0.2) is 5.54 Å². The van der Waals surface area contributed by atoms with Crippen LogP contribution in [0.1, 0.15) is 77.7 Å². The van der Waals surface area contributed by atoms with Crippen molar-refractivity contribution < 1.29 is 0 Å². The van der Waals surface area contributed by atoms with E-state index in [-0.39, 0.29) is 29.5 Å². The minimum atomic E-state index is -0.0853. The largest absolute Gasteiger partial charge is 0.325 e. The van der Waals surface area contributed by atoms with Crippen molar-refractivity contribution in [1.29, 1.82) is 0 Å². The van der Waals surface area contributed by atoms with Crippen LogP contribution in [0.4, 0.5) is 0 Å². The maximum atomic E-state index is 6.41. The van der Waals surface area contributed by atoms with E-state index in [4.69, 9.17) is 5.73 Å². The zero-order chi connectivity index (χ0) is 15.6. The number of hydrogen-bond donors (Lipinski definition) is 1. The van der Waals surface area contributed by atoms with Crippen LogP contribution in [0.15, 0.2) is 30.3 Å². The standard InChI is InChI=1S/C20H35N.HI/c1-4-5-6-7-8-9-13-16-19(20(2,3)21)17-18-14-11-10-12-15-18;/h10-12,14-15,19H,4-9,13,16-17,21H2,1-3H3;1H. The van der Waals surface area contributed by atoms with Gasteiger partial charge < -0.3 is 5.73 Å². The Balaban J connectivity index is 0.00000441. The van der Waals surface area contributed by atoms with Crippen LogP contribution >= 0.6 is 24.0 Å². The highest BCUT2D eigenvalue weighted by molar-refractivity contribution is 14.0. The molecule has 1 aromatic rings. The zero-order valence-electron chi connectivity index (χ0n) is 14.8. The van der Waals surface area contributed by atoms with Crippen molar-refractivity contribution in [3.8, 4) is 0 Å². The summed E-state index contributed by atoms with van der Waals surface area (Å²) >= 11 is 0. The average Bonchev–Trinajstić information content (AvgIpc) is 2.45. The van der Waals surface area contributed by atoms with Gasteiger partial charge in [0.05, 0.1) is 0 Å². The van der Waals surface area contributed by atoms with E-state index >= 15 is 0 Å². The highest BCUT2D eigenvalue weighted by Crippen LogP contribution is 2.25. The molecule has 0 aliphatic rings. The molecule has 128 valence electrons. The Bertz CT molecular complexity index is 356. The third kappa shape index (κ3) is 9.83. The molecule has 0 saturated carbocycles. The summed E-state index contributed by atoms with van der Waals surface area (Å²) in [5, 5.41) is 0. The molecule has 0 aliphatic heterocycles. The number of halogens is 1. The molecule has 0 fully saturated rings. The monoisotopic (exact) mass is 417 g/mol. The number of unbranched alkanes of at least 4 members (excludes halogenated alkanes) is 6. The van der Waals surface area contributed by atoms with Crippen LogP contribution in [0.25, 0.3) is 0 Å². The van der Waals surface area contributed by atoms with E-state index in [0.717, 1.165) is 6.42 Å². The quantitative estimate of drug-likeness (QED) is 0.330. The lowest BCUT2D eigenvalue weighted by atomic mass is 9.80. The normalized spacial score (nSPS) is 12.7. The lowest BCUT2D eigenvalue weighted by Crippen LogP contribution is -2.42. The molecule has 2 N–H and O–H groups in total. The van der Waals surface area contributed by atoms with Gasteiger partial charge in [0, 0.05) is 5.54 Å². The van der Waals surface area contributed by atoms with Crippen LogP contribution in [0.5, 0.6) is 0 Å². The van der Waals surface area contributed by atoms with Crippen LogP contribution in [0.2, 0.25) is 0 Å². The van der Waals surface area contributed by atoms with E-state index in [1.54, 1.807) is 0 Å². The van der Waals surface area contributed by atoms with E-state index in [1.165, 1.54) is 56.9 Å². The Morgan fingerprint density at radius 2 is 1.45 bits per heavy atom. The summed E-state index contributed by atoms with van der Waals surface area (Å²) < 4.78 is 0. The van der Waals surface area contributed by atoms with Crippen molar-refractivity contribution >= 4 is 24.0 Å². The topological polar surface area (TPSA) is 26.0 Å². The number of nitrogens with two attached hydrogens (primary N) is 1. The first-order chi connectivity index (χ1) is 10.0. The Morgan fingerprint density at radius 3 is 2.00 bits per heavy atom. The van der Waals surface area contributed by atoms with Crippen molar-refractivity contribution in [3.05, 3.63) is 35.9 Å². The van der Waals surface area contributed by atoms with Crippen LogP contribution < -0.4 is 5.73 Å². The first-order valence-electron chi connectivity index (χ1n) is 8.87. The predicted octanol–water partition coefficient (Wildman–Crippen LogP) is 6.34. The van der Waals surface area contributed by atoms with Gasteiger partial charge in [0.1, 0.15) is 0 Å². The minimum absolute atomic E-state index is 0. The molecule has 1 atom stereocenters. The fraction of sp³-hybridized carbons (Fsp3) is 0.700. The van der Waals surface area contributed by atoms with Crippen molar-refractivity contribution in [3.63, 3.8) is 0 Å². The number of benzene rings is 1. The molecule has 0 spiro atoms. The lowest BCUT2D eigenvalue weighted by molar-refractivity contribution is 0.290. The third-order valence-electron chi connectivity index (χ3n) is 4.53. The molecule has 22 heavy (non-hydrogen) atoms. The molecule has 0 radical (unpaired) electrons. The summed E-state index contributed by atoms with van der Waals surface area (Å²) in [6, 6.07) is 10.8. The van der Waals surface area contributed by atoms with Gasteiger partial charge in [-0.05, 0) is 38.2 Å². The first-order valence-corrected chi connectivity index (χ1v) is 8.87. The Labute approximate surface area is 155 Å². The van der Waals surface area contributed by atoms with Crippen LogP contribution in [-0.2, 0) is 6.42 Å². The number of hydrogen-bond acceptors (Lipinski definition) is 1. The summed E-state index contributed by atoms with van der Waals surface area (Å²) in [5.41, 5.74) is 7.74. The van der Waals surface area contributed by atoms with Crippen molar-refractivity contribution in [1.82, 2.24) is 0 Å². The second-order valence-electron chi connectivity index (χ2n) is 7.12. The predicted molar refractivity (Wildman–Crippen MR) is 110 cm³/mol. The van der Waals surface area contributed by atoms with Gasteiger partial charge in [0.25, 0.3) is 0 Å². The minimum Gasteiger partial charge on any atom is -0.325 e. The van der Waals surface area contributed by atoms with Gasteiger partial charge in [-0.3, -0.25) is 0 Å². The van der Waals surface area contributed by atoms with Gasteiger partial charge in [-0.25, -0.2) is 0 Å². The third-order valence-corrected chi connectivity index (χ3v) is 4.53. The van der Waals surface area contributed by atoms with Crippen molar-refractivity contribution in [2.24, 2.45) is 11.7 Å². The average molecular weight is 417 g/mol. The smallest absolute Gasteiger partial charge is 0.0129 e. The summed E-state index contributed by atoms with van der Waals surface area (Å²) in [7, 11) is 0. The van der Waals surface area contributed by atoms with Crippen LogP contribution in [0, 0.1) is 5.92 Å². The van der Waals surface area contributed by atoms with Gasteiger partial charge >= 0.3 is 0 Å². The molecular formula is C20H36IN. The molecule has 0 aliphatic carbocycles. The molecular weight excluding hydrogens is 381 g/mol. The molecule has 0 heterocycles. The van der Waals surface area contributed by atoms with Gasteiger partial charge in [0.2, 0.25) is 0 Å². The van der Waals surface area contributed by atoms with Crippen molar-refractivity contribution in [2.45, 2.75) is 84.1 Å². The van der Waals surface area contributed by atoms with Crippen molar-refractivity contribution in [2.75, 3.05) is 0 Å². The van der Waals surface area contributed by atoms with Gasteiger partial charge in [0.15, 0.2) is 0 Å². The highest BCUT2D eigenvalue weighted by atomic mass is 127. The highest BCUT2D eigenvalue weighted by Gasteiger charge is 2.24. The summed E-state index contributed by atoms with van der Waals surface area (Å²) in [4.78, 5) is 0. The van der Waals surface area contributed by atoms with E-state index in [9.17, 15) is 0 Å². The molecule has 0 amide bonds. The maximum Gasteiger partial charge on any atom is 0.0129 e. The van der Waals surface area contributed by atoms with Gasteiger partial charge in [-0.2, -0.15) is 0 Å². The maximum absolute atomic E-state index is 6.41. The fourth-order valence-electron chi connectivity index (χ4n) is 2.98. The lowest BCUT2D eigenvalue weighted by Gasteiger charge is -2.31. The second kappa shape index (κ2) is 12.3. The Morgan fingerprint density at radius 1 is 0.909 bits per heavy atom. The van der Waals surface area contributed by atoms with E-state index < -0.39 is 0 Å². The van der Waals surface area contributed by atoms with Gasteiger partial charge in [-0.1, -0.05) is 82.2 Å². The first kappa shape index (κ1) is 21.9. The zero-order valence-corrected chi connectivity index (χ0v) is 17.1. The molecule has 1 aromatic carbocycles. The molecule has 2 heteroatoms. The summed E-state index contributed by atoms with van der Waals surface area (Å²) in [6.45, 7) is 6.64. The van der Waals surface area contributed by atoms with Crippen LogP contribution in [0.3, 0.4) is 0 Å². The van der Waals surface area contributed by atoms with E-state index in [0.29, 0.717) is 5.92 Å². The van der Waals surface area contributed by atoms with Gasteiger partial charge in [-0.15, -0.1) is 24.0 Å². The van der Waals surface area contributed by atoms with E-state index in [1.807, 2.05) is 0 Å². The number of rotatable bonds is 11. The Hall–Kier alpha value is -0.0900. The molecule has 0 aromatic heterocycles. The molecule has 1 unspecified atom stereocenters.